The van der Waals surface area contributed by atoms with E-state index in [9.17, 15) is 9.59 Å². The second-order valence-electron chi connectivity index (χ2n) is 16.5. The molecule has 0 radical (unpaired) electrons. The van der Waals surface area contributed by atoms with Crippen molar-refractivity contribution in [1.29, 1.82) is 0 Å². The lowest BCUT2D eigenvalue weighted by Gasteiger charge is -2.22. The number of terminal acetylenes is 1. The van der Waals surface area contributed by atoms with Gasteiger partial charge in [-0.1, -0.05) is 189 Å². The Morgan fingerprint density at radius 1 is 0.436 bits per heavy atom. The third-order valence-corrected chi connectivity index (χ3v) is 11.3. The Balaban J connectivity index is 0. The largest absolute Gasteiger partial charge is 0.465 e. The van der Waals surface area contributed by atoms with Crippen molar-refractivity contribution in [2.24, 2.45) is 11.8 Å². The van der Waals surface area contributed by atoms with E-state index in [2.05, 4.69) is 38.5 Å². The molecule has 0 spiro atoms. The smallest absolute Gasteiger partial charge is 0.308 e. The Bertz CT molecular complexity index is 780. The highest BCUT2D eigenvalue weighted by Crippen LogP contribution is 2.22. The van der Waals surface area contributed by atoms with Crippen molar-refractivity contribution < 1.29 is 19.1 Å². The molecule has 0 aliphatic rings. The van der Waals surface area contributed by atoms with Crippen LogP contribution >= 0.6 is 0 Å². The summed E-state index contributed by atoms with van der Waals surface area (Å²) in [6.45, 7) is 13.4. The van der Waals surface area contributed by atoms with E-state index in [0.29, 0.717) is 13.2 Å². The fourth-order valence-electron chi connectivity index (χ4n) is 7.64. The summed E-state index contributed by atoms with van der Waals surface area (Å²) in [6, 6.07) is 0. The van der Waals surface area contributed by atoms with Crippen LogP contribution in [0, 0.1) is 24.2 Å². The van der Waals surface area contributed by atoms with Gasteiger partial charge in [-0.2, -0.15) is 0 Å². The van der Waals surface area contributed by atoms with Gasteiger partial charge in [-0.15, -0.1) is 12.3 Å². The molecular formula is C50H97NO4. The topological polar surface area (TPSA) is 55.8 Å². The molecule has 0 heterocycles. The first-order valence-electron chi connectivity index (χ1n) is 24.0. The Morgan fingerprint density at radius 2 is 0.727 bits per heavy atom. The summed E-state index contributed by atoms with van der Waals surface area (Å²) in [5.41, 5.74) is 0. The van der Waals surface area contributed by atoms with E-state index in [1.54, 1.807) is 0 Å². The van der Waals surface area contributed by atoms with Crippen LogP contribution in [0.3, 0.4) is 0 Å². The number of carbonyl (C=O) groups excluding carboxylic acids is 2. The van der Waals surface area contributed by atoms with Gasteiger partial charge in [-0.3, -0.25) is 9.59 Å². The molecule has 0 aromatic rings. The van der Waals surface area contributed by atoms with Crippen molar-refractivity contribution in [3.63, 3.8) is 0 Å². The quantitative estimate of drug-likeness (QED) is 0.0351. The maximum absolute atomic E-state index is 13.0. The minimum atomic E-state index is 0. The molecule has 5 heteroatoms. The van der Waals surface area contributed by atoms with Crippen molar-refractivity contribution in [1.82, 2.24) is 4.90 Å². The molecule has 55 heavy (non-hydrogen) atoms. The summed E-state index contributed by atoms with van der Waals surface area (Å²) in [6.07, 6.45) is 45.3. The second-order valence-corrected chi connectivity index (χ2v) is 16.5. The summed E-state index contributed by atoms with van der Waals surface area (Å²) in [5, 5.41) is 0. The lowest BCUT2D eigenvalue weighted by molar-refractivity contribution is -0.150. The minimum absolute atomic E-state index is 0. The van der Waals surface area contributed by atoms with Crippen molar-refractivity contribution in [3.05, 3.63) is 0 Å². The van der Waals surface area contributed by atoms with Crippen LogP contribution in [0.5, 0.6) is 0 Å². The molecule has 2 unspecified atom stereocenters. The lowest BCUT2D eigenvalue weighted by Crippen LogP contribution is -2.27. The Kier molecular flexibility index (Phi) is 45.6. The maximum Gasteiger partial charge on any atom is 0.308 e. The van der Waals surface area contributed by atoms with Gasteiger partial charge in [0.05, 0.1) is 25.0 Å². The number of esters is 2. The number of hydrogen-bond donors (Lipinski definition) is 0. The van der Waals surface area contributed by atoms with Gasteiger partial charge >= 0.3 is 11.9 Å². The second kappa shape index (κ2) is 45.2. The molecule has 0 saturated carbocycles. The van der Waals surface area contributed by atoms with Gasteiger partial charge in [0.2, 0.25) is 0 Å². The third kappa shape index (κ3) is 37.8. The molecule has 5 nitrogen and oxygen atoms in total. The van der Waals surface area contributed by atoms with Gasteiger partial charge in [0.15, 0.2) is 0 Å². The Labute approximate surface area is 345 Å². The van der Waals surface area contributed by atoms with Gasteiger partial charge in [-0.25, -0.2) is 0 Å². The average molecular weight is 776 g/mol. The van der Waals surface area contributed by atoms with Gasteiger partial charge in [0, 0.05) is 6.42 Å². The van der Waals surface area contributed by atoms with Crippen LogP contribution in [0.1, 0.15) is 253 Å². The zero-order valence-corrected chi connectivity index (χ0v) is 36.9. The van der Waals surface area contributed by atoms with Crippen LogP contribution in [-0.4, -0.2) is 49.7 Å². The van der Waals surface area contributed by atoms with Crippen molar-refractivity contribution in [2.45, 2.75) is 253 Å². The first kappa shape index (κ1) is 55.6. The maximum atomic E-state index is 13.0. The molecule has 0 N–H and O–H groups in total. The molecule has 0 aromatic carbocycles. The minimum Gasteiger partial charge on any atom is -0.465 e. The third-order valence-electron chi connectivity index (χ3n) is 11.3. The standard InChI is InChI=1S/C49H93NO4.CH4/c1-6-11-16-20-22-30-39-46(37-28-18-13-8-3)48(51)53-44-35-26-24-33-42-50(41-32-15-10-5)43-34-25-27-36-45-54-49(52)47(38-29-19-14-9-4)40-31-23-21-17-12-7-2;/h5,46-47H,6-9,11-45H2,1-4H3;1H4. The summed E-state index contributed by atoms with van der Waals surface area (Å²) >= 11 is 0. The molecule has 0 rings (SSSR count). The van der Waals surface area contributed by atoms with Crippen LogP contribution in [0.4, 0.5) is 0 Å². The number of unbranched alkanes of at least 4 members (excludes halogenated alkanes) is 23. The number of carbonyl (C=O) groups is 2. The highest BCUT2D eigenvalue weighted by molar-refractivity contribution is 5.72. The van der Waals surface area contributed by atoms with Gasteiger partial charge in [0.25, 0.3) is 0 Å². The number of ether oxygens (including phenoxy) is 2. The van der Waals surface area contributed by atoms with Gasteiger partial charge in [-0.05, 0) is 77.4 Å². The predicted octanol–water partition coefficient (Wildman–Crippen LogP) is 15.2. The summed E-state index contributed by atoms with van der Waals surface area (Å²) in [5.74, 6) is 3.11. The molecule has 0 aromatic heterocycles. The predicted molar refractivity (Wildman–Crippen MR) is 241 cm³/mol. The van der Waals surface area contributed by atoms with E-state index >= 15 is 0 Å². The van der Waals surface area contributed by atoms with E-state index in [-0.39, 0.29) is 31.2 Å². The molecule has 0 aliphatic carbocycles. The Morgan fingerprint density at radius 3 is 1.09 bits per heavy atom. The molecule has 0 bridgehead atoms. The van der Waals surface area contributed by atoms with E-state index in [1.165, 1.54) is 128 Å². The zero-order valence-electron chi connectivity index (χ0n) is 36.9. The molecule has 0 amide bonds. The lowest BCUT2D eigenvalue weighted by atomic mass is 9.94. The average Bonchev–Trinajstić information content (AvgIpc) is 3.17. The fourth-order valence-corrected chi connectivity index (χ4v) is 7.64. The van der Waals surface area contributed by atoms with Crippen LogP contribution in [0.25, 0.3) is 0 Å². The van der Waals surface area contributed by atoms with Crippen molar-refractivity contribution in [2.75, 3.05) is 32.8 Å². The molecule has 0 saturated heterocycles. The van der Waals surface area contributed by atoms with E-state index in [1.807, 2.05) is 0 Å². The highest BCUT2D eigenvalue weighted by atomic mass is 16.5. The fraction of sp³-hybridized carbons (Fsp3) is 0.920. The summed E-state index contributed by atoms with van der Waals surface area (Å²) < 4.78 is 11.7. The first-order chi connectivity index (χ1) is 26.5. The molecule has 2 atom stereocenters. The van der Waals surface area contributed by atoms with Gasteiger partial charge < -0.3 is 14.4 Å². The molecular weight excluding hydrogens is 679 g/mol. The van der Waals surface area contributed by atoms with E-state index in [0.717, 1.165) is 110 Å². The SMILES string of the molecule is C.C#CCCCN(CCCCCCOC(=O)C(CCCCCC)CCCCCCCC)CCCCCCOC(=O)C(CCCCCC)CCCCCCCC. The number of rotatable bonds is 43. The summed E-state index contributed by atoms with van der Waals surface area (Å²) in [7, 11) is 0. The molecule has 0 fully saturated rings. The van der Waals surface area contributed by atoms with E-state index in [4.69, 9.17) is 15.9 Å². The van der Waals surface area contributed by atoms with Crippen LogP contribution in [0.15, 0.2) is 0 Å². The molecule has 0 aliphatic heterocycles. The van der Waals surface area contributed by atoms with Crippen LogP contribution in [-0.2, 0) is 19.1 Å². The van der Waals surface area contributed by atoms with E-state index < -0.39 is 0 Å². The summed E-state index contributed by atoms with van der Waals surface area (Å²) in [4.78, 5) is 28.5. The monoisotopic (exact) mass is 776 g/mol. The van der Waals surface area contributed by atoms with Crippen molar-refractivity contribution in [3.8, 4) is 12.3 Å². The number of nitrogens with zero attached hydrogens (tertiary/aromatic N) is 1. The molecule has 326 valence electrons. The van der Waals surface area contributed by atoms with Crippen LogP contribution in [0.2, 0.25) is 0 Å². The van der Waals surface area contributed by atoms with Gasteiger partial charge in [0.1, 0.15) is 0 Å². The normalized spacial score (nSPS) is 12.3. The Hall–Kier alpha value is -1.54. The van der Waals surface area contributed by atoms with Crippen LogP contribution < -0.4 is 0 Å². The first-order valence-corrected chi connectivity index (χ1v) is 24.0. The highest BCUT2D eigenvalue weighted by Gasteiger charge is 2.20. The zero-order chi connectivity index (χ0) is 39.6. The number of hydrogen-bond acceptors (Lipinski definition) is 5. The van der Waals surface area contributed by atoms with Crippen molar-refractivity contribution >= 4 is 11.9 Å².